The van der Waals surface area contributed by atoms with Gasteiger partial charge in [-0.1, -0.05) is 34.8 Å². The number of aromatic nitrogens is 1. The van der Waals surface area contributed by atoms with Crippen LogP contribution in [0, 0.1) is 15.9 Å². The molecule has 0 saturated carbocycles. The Bertz CT molecular complexity index is 696. The summed E-state index contributed by atoms with van der Waals surface area (Å²) in [5, 5.41) is 10.1. The molecule has 0 saturated heterocycles. The van der Waals surface area contributed by atoms with E-state index in [9.17, 15) is 14.5 Å². The third kappa shape index (κ3) is 2.03. The predicted molar refractivity (Wildman–Crippen MR) is 71.1 cm³/mol. The Balaban J connectivity index is 3.01. The van der Waals surface area contributed by atoms with E-state index in [1.54, 1.807) is 0 Å². The Morgan fingerprint density at radius 1 is 1.39 bits per heavy atom. The van der Waals surface area contributed by atoms with E-state index in [1.165, 1.54) is 6.07 Å². The molecule has 0 atom stereocenters. The quantitative estimate of drug-likeness (QED) is 0.305. The van der Waals surface area contributed by atoms with Crippen LogP contribution in [0.5, 0.6) is 0 Å². The molecule has 94 valence electrons. The molecule has 0 aliphatic carbocycles. The second kappa shape index (κ2) is 4.77. The minimum absolute atomic E-state index is 0.00912. The molecule has 0 spiro atoms. The monoisotopic (exact) mass is 372 g/mol. The average molecular weight is 374 g/mol. The maximum absolute atomic E-state index is 13.9. The standard InChI is InChI=1S/C9HBrCl3FN2O2/c10-4-3(11)1-2-5(12)8(16(17)18)9(13)15-7(2)6(4)14/h1H. The highest BCUT2D eigenvalue weighted by Crippen LogP contribution is 2.40. The average Bonchev–Trinajstić information content (AvgIpc) is 2.28. The van der Waals surface area contributed by atoms with Crippen molar-refractivity contribution in [2.75, 3.05) is 0 Å². The number of nitro groups is 1. The van der Waals surface area contributed by atoms with Gasteiger partial charge in [-0.05, 0) is 22.0 Å². The highest BCUT2D eigenvalue weighted by molar-refractivity contribution is 9.10. The molecule has 0 aliphatic rings. The number of halogens is 5. The van der Waals surface area contributed by atoms with Gasteiger partial charge in [0.15, 0.2) is 5.82 Å². The number of benzene rings is 1. The highest BCUT2D eigenvalue weighted by Gasteiger charge is 2.25. The molecule has 0 bridgehead atoms. The molecule has 0 N–H and O–H groups in total. The van der Waals surface area contributed by atoms with Crippen LogP contribution in [0.4, 0.5) is 10.1 Å². The van der Waals surface area contributed by atoms with E-state index in [2.05, 4.69) is 20.9 Å². The number of fused-ring (bicyclic) bond motifs is 1. The number of hydrogen-bond donors (Lipinski definition) is 0. The van der Waals surface area contributed by atoms with Crippen LogP contribution in [-0.4, -0.2) is 9.91 Å². The van der Waals surface area contributed by atoms with Crippen LogP contribution in [0.25, 0.3) is 10.9 Å². The van der Waals surface area contributed by atoms with Crippen molar-refractivity contribution in [1.82, 2.24) is 4.98 Å². The molecular weight excluding hydrogens is 373 g/mol. The van der Waals surface area contributed by atoms with Gasteiger partial charge in [-0.3, -0.25) is 10.1 Å². The largest absolute Gasteiger partial charge is 0.325 e. The molecule has 9 heteroatoms. The first kappa shape index (κ1) is 13.7. The van der Waals surface area contributed by atoms with Crippen LogP contribution in [0.1, 0.15) is 0 Å². The fourth-order valence-corrected chi connectivity index (χ4v) is 2.48. The Labute approximate surface area is 123 Å². The number of hydrogen-bond acceptors (Lipinski definition) is 3. The van der Waals surface area contributed by atoms with Crippen molar-refractivity contribution in [3.8, 4) is 0 Å². The summed E-state index contributed by atoms with van der Waals surface area (Å²) >= 11 is 20.1. The van der Waals surface area contributed by atoms with Gasteiger partial charge in [0.2, 0.25) is 5.15 Å². The number of nitrogens with zero attached hydrogens (tertiary/aromatic N) is 2. The van der Waals surface area contributed by atoms with Crippen molar-refractivity contribution in [2.24, 2.45) is 0 Å². The van der Waals surface area contributed by atoms with Crippen molar-refractivity contribution in [3.05, 3.63) is 41.7 Å². The predicted octanol–water partition coefficient (Wildman–Crippen LogP) is 5.00. The van der Waals surface area contributed by atoms with E-state index >= 15 is 0 Å². The Hall–Kier alpha value is -0.690. The SMILES string of the molecule is O=[N+]([O-])c1c(Cl)nc2c(F)c(Br)c(Cl)cc2c1Cl. The molecule has 1 heterocycles. The fraction of sp³-hybridized carbons (Fsp3) is 0. The van der Waals surface area contributed by atoms with Crippen LogP contribution < -0.4 is 0 Å². The Morgan fingerprint density at radius 2 is 2.00 bits per heavy atom. The summed E-state index contributed by atoms with van der Waals surface area (Å²) in [4.78, 5) is 13.6. The van der Waals surface area contributed by atoms with E-state index in [0.717, 1.165) is 0 Å². The molecule has 2 aromatic rings. The summed E-state index contributed by atoms with van der Waals surface area (Å²) < 4.78 is 13.9. The van der Waals surface area contributed by atoms with Crippen molar-refractivity contribution in [3.63, 3.8) is 0 Å². The molecule has 0 radical (unpaired) electrons. The first-order chi connectivity index (χ1) is 8.34. The van der Waals surface area contributed by atoms with Gasteiger partial charge in [-0.25, -0.2) is 9.37 Å². The van der Waals surface area contributed by atoms with Crippen LogP contribution in [0.15, 0.2) is 10.5 Å². The van der Waals surface area contributed by atoms with E-state index in [0.29, 0.717) is 0 Å². The second-order valence-electron chi connectivity index (χ2n) is 3.20. The van der Waals surface area contributed by atoms with Crippen molar-refractivity contribution in [2.45, 2.75) is 0 Å². The topological polar surface area (TPSA) is 56.0 Å². The molecule has 1 aromatic carbocycles. The molecule has 0 unspecified atom stereocenters. The maximum Gasteiger partial charge on any atom is 0.325 e. The zero-order valence-electron chi connectivity index (χ0n) is 8.18. The van der Waals surface area contributed by atoms with Crippen molar-refractivity contribution < 1.29 is 9.31 Å². The third-order valence-corrected chi connectivity index (χ3v) is 4.12. The van der Waals surface area contributed by atoms with Crippen molar-refractivity contribution in [1.29, 1.82) is 0 Å². The van der Waals surface area contributed by atoms with Crippen LogP contribution in [0.2, 0.25) is 15.2 Å². The van der Waals surface area contributed by atoms with Gasteiger partial charge in [0, 0.05) is 5.39 Å². The molecular formula is C9HBrCl3FN2O2. The minimum atomic E-state index is -0.787. The van der Waals surface area contributed by atoms with E-state index in [1.807, 2.05) is 0 Å². The summed E-state index contributed by atoms with van der Waals surface area (Å²) in [6.07, 6.45) is 0. The first-order valence-corrected chi connectivity index (χ1v) is 6.24. The Kier molecular flexibility index (Phi) is 3.64. The second-order valence-corrected chi connectivity index (χ2v) is 5.14. The molecule has 4 nitrogen and oxygen atoms in total. The van der Waals surface area contributed by atoms with Crippen LogP contribution in [0.3, 0.4) is 0 Å². The van der Waals surface area contributed by atoms with Gasteiger partial charge >= 0.3 is 5.69 Å². The summed E-state index contributed by atoms with van der Waals surface area (Å²) in [6.45, 7) is 0. The summed E-state index contributed by atoms with van der Waals surface area (Å²) in [7, 11) is 0. The lowest BCUT2D eigenvalue weighted by molar-refractivity contribution is -0.384. The lowest BCUT2D eigenvalue weighted by Gasteiger charge is -2.06. The third-order valence-electron chi connectivity index (χ3n) is 2.17. The Morgan fingerprint density at radius 3 is 2.56 bits per heavy atom. The van der Waals surface area contributed by atoms with Gasteiger partial charge in [0.1, 0.15) is 10.5 Å². The smallest absolute Gasteiger partial charge is 0.258 e. The van der Waals surface area contributed by atoms with Crippen LogP contribution >= 0.6 is 50.7 Å². The van der Waals surface area contributed by atoms with E-state index in [4.69, 9.17) is 34.8 Å². The van der Waals surface area contributed by atoms with E-state index < -0.39 is 21.6 Å². The summed E-state index contributed by atoms with van der Waals surface area (Å²) in [5.41, 5.74) is -0.768. The zero-order chi connectivity index (χ0) is 13.6. The zero-order valence-corrected chi connectivity index (χ0v) is 12.0. The van der Waals surface area contributed by atoms with Gasteiger partial charge in [-0.15, -0.1) is 0 Å². The van der Waals surface area contributed by atoms with E-state index in [-0.39, 0.29) is 25.4 Å². The normalized spacial score (nSPS) is 10.9. The van der Waals surface area contributed by atoms with Crippen LogP contribution in [-0.2, 0) is 0 Å². The lowest BCUT2D eigenvalue weighted by atomic mass is 10.2. The van der Waals surface area contributed by atoms with Gasteiger partial charge in [-0.2, -0.15) is 0 Å². The molecule has 0 aliphatic heterocycles. The fourth-order valence-electron chi connectivity index (χ4n) is 1.39. The molecule has 1 aromatic heterocycles. The minimum Gasteiger partial charge on any atom is -0.258 e. The molecule has 2 rings (SSSR count). The molecule has 0 fully saturated rings. The number of pyridine rings is 1. The lowest BCUT2D eigenvalue weighted by Crippen LogP contribution is -1.96. The van der Waals surface area contributed by atoms with Gasteiger partial charge in [0.05, 0.1) is 14.4 Å². The van der Waals surface area contributed by atoms with Gasteiger partial charge in [0.25, 0.3) is 0 Å². The van der Waals surface area contributed by atoms with Crippen molar-refractivity contribution >= 4 is 67.3 Å². The molecule has 18 heavy (non-hydrogen) atoms. The molecule has 0 amide bonds. The maximum atomic E-state index is 13.9. The van der Waals surface area contributed by atoms with Gasteiger partial charge < -0.3 is 0 Å². The highest BCUT2D eigenvalue weighted by atomic mass is 79.9. The number of rotatable bonds is 1. The first-order valence-electron chi connectivity index (χ1n) is 4.31. The summed E-state index contributed by atoms with van der Waals surface area (Å²) in [6, 6.07) is 1.28. The summed E-state index contributed by atoms with van der Waals surface area (Å²) in [5.74, 6) is -0.781.